The predicted molar refractivity (Wildman–Crippen MR) is 51.8 cm³/mol. The normalized spacial score (nSPS) is 9.00. The summed E-state index contributed by atoms with van der Waals surface area (Å²) in [6.45, 7) is 6.25. The molecule has 0 saturated carbocycles. The van der Waals surface area contributed by atoms with E-state index in [1.165, 1.54) is 16.7 Å². The van der Waals surface area contributed by atoms with Gasteiger partial charge in [0.2, 0.25) is 0 Å². The van der Waals surface area contributed by atoms with E-state index in [0.717, 1.165) is 5.69 Å². The molecule has 0 amide bonds. The van der Waals surface area contributed by atoms with Gasteiger partial charge >= 0.3 is 0 Å². The maximum absolute atomic E-state index is 5.69. The molecule has 0 aromatic heterocycles. The summed E-state index contributed by atoms with van der Waals surface area (Å²) < 4.78 is 0. The highest BCUT2D eigenvalue weighted by Gasteiger charge is 1.98. The first kappa shape index (κ1) is 10.0. The van der Waals surface area contributed by atoms with Crippen molar-refractivity contribution in [2.45, 2.75) is 28.2 Å². The van der Waals surface area contributed by atoms with Crippen LogP contribution >= 0.6 is 0 Å². The number of rotatable bonds is 0. The molecule has 1 heteroatoms. The smallest absolute Gasteiger partial charge is 0.0346 e. The molecule has 0 fully saturated rings. The van der Waals surface area contributed by atoms with Gasteiger partial charge < -0.3 is 5.73 Å². The zero-order valence-corrected chi connectivity index (χ0v) is 6.73. The minimum Gasteiger partial charge on any atom is -0.399 e. The summed E-state index contributed by atoms with van der Waals surface area (Å²) in [4.78, 5) is 0. The third-order valence-corrected chi connectivity index (χ3v) is 2.10. The first-order chi connectivity index (χ1) is 4.63. The van der Waals surface area contributed by atoms with Crippen LogP contribution in [-0.4, -0.2) is 0 Å². The summed E-state index contributed by atoms with van der Waals surface area (Å²) in [5.74, 6) is 0. The Morgan fingerprint density at radius 2 is 1.55 bits per heavy atom. The second-order valence-electron chi connectivity index (χ2n) is 2.72. The highest BCUT2D eigenvalue weighted by atomic mass is 14.6. The summed E-state index contributed by atoms with van der Waals surface area (Å²) in [5.41, 5.74) is 10.4. The van der Waals surface area contributed by atoms with Gasteiger partial charge in [0.25, 0.3) is 0 Å². The zero-order valence-electron chi connectivity index (χ0n) is 6.73. The fraction of sp³-hybridized carbons (Fsp3) is 0.400. The van der Waals surface area contributed by atoms with Crippen molar-refractivity contribution in [2.75, 3.05) is 5.73 Å². The van der Waals surface area contributed by atoms with E-state index in [0.29, 0.717) is 0 Å². The Bertz CT molecular complexity index is 224. The van der Waals surface area contributed by atoms with E-state index in [1.54, 1.807) is 0 Å². The summed E-state index contributed by atoms with van der Waals surface area (Å²) in [6, 6.07) is 4.01. The Labute approximate surface area is 69.2 Å². The van der Waals surface area contributed by atoms with Crippen LogP contribution in [0.2, 0.25) is 0 Å². The average molecular weight is 151 g/mol. The molecule has 0 saturated heterocycles. The molecule has 1 aromatic rings. The third kappa shape index (κ3) is 1.73. The van der Waals surface area contributed by atoms with E-state index in [2.05, 4.69) is 26.8 Å². The van der Waals surface area contributed by atoms with Gasteiger partial charge in [-0.3, -0.25) is 0 Å². The maximum atomic E-state index is 5.69. The van der Waals surface area contributed by atoms with Gasteiger partial charge in [0, 0.05) is 5.69 Å². The van der Waals surface area contributed by atoms with Crippen molar-refractivity contribution < 1.29 is 0 Å². The number of aryl methyl sites for hydroxylation is 1. The van der Waals surface area contributed by atoms with E-state index < -0.39 is 0 Å². The van der Waals surface area contributed by atoms with Crippen molar-refractivity contribution in [3.8, 4) is 0 Å². The third-order valence-electron chi connectivity index (χ3n) is 2.10. The first-order valence-corrected chi connectivity index (χ1v) is 3.45. The van der Waals surface area contributed by atoms with Crippen LogP contribution in [0.5, 0.6) is 0 Å². The molecule has 1 rings (SSSR count). The number of nitrogen functional groups attached to an aromatic ring is 1. The number of benzene rings is 1. The van der Waals surface area contributed by atoms with Crippen molar-refractivity contribution in [2.24, 2.45) is 0 Å². The van der Waals surface area contributed by atoms with E-state index in [-0.39, 0.29) is 7.43 Å². The molecular weight excluding hydrogens is 134 g/mol. The van der Waals surface area contributed by atoms with Gasteiger partial charge in [-0.2, -0.15) is 0 Å². The minimum absolute atomic E-state index is 0. The largest absolute Gasteiger partial charge is 0.399 e. The summed E-state index contributed by atoms with van der Waals surface area (Å²) in [6.07, 6.45) is 0. The Morgan fingerprint density at radius 1 is 1.00 bits per heavy atom. The molecule has 1 nitrogen and oxygen atoms in total. The van der Waals surface area contributed by atoms with Crippen LogP contribution in [0, 0.1) is 20.8 Å². The summed E-state index contributed by atoms with van der Waals surface area (Å²) in [7, 11) is 0. The van der Waals surface area contributed by atoms with Crippen LogP contribution in [-0.2, 0) is 0 Å². The monoisotopic (exact) mass is 151 g/mol. The molecule has 0 aliphatic carbocycles. The van der Waals surface area contributed by atoms with Crippen LogP contribution in [0.25, 0.3) is 0 Å². The SMILES string of the molecule is C.Cc1ccc(N)c(C)c1C. The fourth-order valence-corrected chi connectivity index (χ4v) is 0.977. The molecule has 0 aliphatic rings. The summed E-state index contributed by atoms with van der Waals surface area (Å²) in [5, 5.41) is 0. The molecule has 2 N–H and O–H groups in total. The lowest BCUT2D eigenvalue weighted by molar-refractivity contribution is 1.27. The van der Waals surface area contributed by atoms with Crippen molar-refractivity contribution in [3.63, 3.8) is 0 Å². The van der Waals surface area contributed by atoms with Gasteiger partial charge in [-0.25, -0.2) is 0 Å². The van der Waals surface area contributed by atoms with Crippen LogP contribution < -0.4 is 5.73 Å². The Kier molecular flexibility index (Phi) is 3.12. The van der Waals surface area contributed by atoms with Crippen molar-refractivity contribution in [1.29, 1.82) is 0 Å². The van der Waals surface area contributed by atoms with Gasteiger partial charge in [-0.15, -0.1) is 0 Å². The predicted octanol–water partition coefficient (Wildman–Crippen LogP) is 2.83. The lowest BCUT2D eigenvalue weighted by Crippen LogP contribution is -1.93. The number of hydrogen-bond donors (Lipinski definition) is 1. The van der Waals surface area contributed by atoms with E-state index >= 15 is 0 Å². The second-order valence-corrected chi connectivity index (χ2v) is 2.72. The lowest BCUT2D eigenvalue weighted by Gasteiger charge is -2.05. The number of anilines is 1. The van der Waals surface area contributed by atoms with Crippen LogP contribution in [0.15, 0.2) is 12.1 Å². The van der Waals surface area contributed by atoms with Crippen molar-refractivity contribution in [3.05, 3.63) is 28.8 Å². The first-order valence-electron chi connectivity index (χ1n) is 3.45. The highest BCUT2D eigenvalue weighted by Crippen LogP contribution is 2.17. The molecule has 1 aromatic carbocycles. The van der Waals surface area contributed by atoms with Gasteiger partial charge in [-0.1, -0.05) is 13.5 Å². The van der Waals surface area contributed by atoms with Gasteiger partial charge in [0.15, 0.2) is 0 Å². The highest BCUT2D eigenvalue weighted by molar-refractivity contribution is 5.52. The van der Waals surface area contributed by atoms with Crippen LogP contribution in [0.3, 0.4) is 0 Å². The standard InChI is InChI=1S/C9H13N.CH4/c1-6-4-5-9(10)8(3)7(6)2;/h4-5H,10H2,1-3H3;1H4. The average Bonchev–Trinajstić information content (AvgIpc) is 1.93. The molecule has 0 unspecified atom stereocenters. The molecule has 0 heterocycles. The Hall–Kier alpha value is -0.980. The molecule has 0 bridgehead atoms. The topological polar surface area (TPSA) is 26.0 Å². The van der Waals surface area contributed by atoms with Crippen molar-refractivity contribution >= 4 is 5.69 Å². The lowest BCUT2D eigenvalue weighted by atomic mass is 10.0. The van der Waals surface area contributed by atoms with Gasteiger partial charge in [0.05, 0.1) is 0 Å². The Morgan fingerprint density at radius 3 is 2.00 bits per heavy atom. The molecule has 0 spiro atoms. The van der Waals surface area contributed by atoms with Gasteiger partial charge in [-0.05, 0) is 43.5 Å². The molecular formula is C10H17N. The minimum atomic E-state index is 0. The molecule has 0 aliphatic heterocycles. The molecule has 62 valence electrons. The maximum Gasteiger partial charge on any atom is 0.0346 e. The van der Waals surface area contributed by atoms with E-state index in [4.69, 9.17) is 5.73 Å². The van der Waals surface area contributed by atoms with Crippen molar-refractivity contribution in [1.82, 2.24) is 0 Å². The number of hydrogen-bond acceptors (Lipinski definition) is 1. The second kappa shape index (κ2) is 3.42. The van der Waals surface area contributed by atoms with Crippen LogP contribution in [0.1, 0.15) is 24.1 Å². The quantitative estimate of drug-likeness (QED) is 0.567. The molecule has 0 radical (unpaired) electrons. The van der Waals surface area contributed by atoms with E-state index in [1.807, 2.05) is 6.07 Å². The summed E-state index contributed by atoms with van der Waals surface area (Å²) >= 11 is 0. The zero-order chi connectivity index (χ0) is 7.72. The van der Waals surface area contributed by atoms with E-state index in [9.17, 15) is 0 Å². The number of nitrogens with two attached hydrogens (primary N) is 1. The Balaban J connectivity index is 0.000001000. The molecule has 0 atom stereocenters. The van der Waals surface area contributed by atoms with Crippen LogP contribution in [0.4, 0.5) is 5.69 Å². The fourth-order valence-electron chi connectivity index (χ4n) is 0.977. The van der Waals surface area contributed by atoms with Gasteiger partial charge in [0.1, 0.15) is 0 Å². The molecule has 11 heavy (non-hydrogen) atoms.